The molecule has 0 spiro atoms. The van der Waals surface area contributed by atoms with Crippen molar-refractivity contribution in [2.75, 3.05) is 0 Å². The molecule has 0 aliphatic carbocycles. The molecule has 1 atom stereocenters. The van der Waals surface area contributed by atoms with Gasteiger partial charge in [0.05, 0.1) is 17.7 Å². The molecule has 1 aromatic carbocycles. The molecule has 0 aromatic heterocycles. The van der Waals surface area contributed by atoms with Crippen LogP contribution >= 0.6 is 0 Å². The molecule has 5 heteroatoms. The van der Waals surface area contributed by atoms with Crippen molar-refractivity contribution in [3.8, 4) is 0 Å². The van der Waals surface area contributed by atoms with Crippen LogP contribution in [0.4, 0.5) is 4.79 Å². The minimum atomic E-state index is -1.39. The van der Waals surface area contributed by atoms with Crippen molar-refractivity contribution in [3.05, 3.63) is 47.2 Å². The van der Waals surface area contributed by atoms with Crippen molar-refractivity contribution in [1.82, 2.24) is 10.6 Å². The summed E-state index contributed by atoms with van der Waals surface area (Å²) in [5, 5.41) is 15.5. The van der Waals surface area contributed by atoms with Gasteiger partial charge in [0.15, 0.2) is 0 Å². The SMILES string of the molecule is Cc1ccc([C@@H]2C=C(C(=O)[O-])NC(=O)N2)cc1. The highest BCUT2D eigenvalue weighted by atomic mass is 16.4. The maximum absolute atomic E-state index is 11.3. The number of urea groups is 1. The molecule has 2 N–H and O–H groups in total. The summed E-state index contributed by atoms with van der Waals surface area (Å²) >= 11 is 0. The number of benzene rings is 1. The zero-order valence-corrected chi connectivity index (χ0v) is 9.19. The van der Waals surface area contributed by atoms with Gasteiger partial charge in [0.2, 0.25) is 0 Å². The Morgan fingerprint density at radius 1 is 1.29 bits per heavy atom. The van der Waals surface area contributed by atoms with Crippen molar-refractivity contribution in [3.63, 3.8) is 0 Å². The molecule has 0 saturated carbocycles. The molecule has 2 rings (SSSR count). The number of nitrogens with one attached hydrogen (secondary N) is 2. The van der Waals surface area contributed by atoms with E-state index >= 15 is 0 Å². The average molecular weight is 231 g/mol. The Balaban J connectivity index is 2.32. The third-order valence-corrected chi connectivity index (χ3v) is 2.52. The van der Waals surface area contributed by atoms with Crippen molar-refractivity contribution in [2.45, 2.75) is 13.0 Å². The quantitative estimate of drug-likeness (QED) is 0.750. The summed E-state index contributed by atoms with van der Waals surface area (Å²) in [7, 11) is 0. The van der Waals surface area contributed by atoms with Crippen LogP contribution in [0.2, 0.25) is 0 Å². The van der Waals surface area contributed by atoms with Crippen molar-refractivity contribution in [1.29, 1.82) is 0 Å². The first-order valence-corrected chi connectivity index (χ1v) is 5.13. The van der Waals surface area contributed by atoms with E-state index in [4.69, 9.17) is 0 Å². The van der Waals surface area contributed by atoms with Gasteiger partial charge in [0, 0.05) is 0 Å². The van der Waals surface area contributed by atoms with E-state index in [-0.39, 0.29) is 5.70 Å². The summed E-state index contributed by atoms with van der Waals surface area (Å²) in [6.45, 7) is 1.95. The topological polar surface area (TPSA) is 81.3 Å². The fourth-order valence-corrected chi connectivity index (χ4v) is 1.62. The fourth-order valence-electron chi connectivity index (χ4n) is 1.62. The molecule has 1 aliphatic rings. The van der Waals surface area contributed by atoms with E-state index in [0.717, 1.165) is 11.1 Å². The summed E-state index contributed by atoms with van der Waals surface area (Å²) in [5.41, 5.74) is 1.71. The predicted octanol–water partition coefficient (Wildman–Crippen LogP) is -0.0173. The molecule has 0 fully saturated rings. The molecule has 0 bridgehead atoms. The molecule has 17 heavy (non-hydrogen) atoms. The van der Waals surface area contributed by atoms with Gasteiger partial charge in [-0.2, -0.15) is 0 Å². The second-order valence-electron chi connectivity index (χ2n) is 3.85. The number of carboxylic acid groups (broad SMARTS) is 1. The standard InChI is InChI=1S/C12H12N2O3/c1-7-2-4-8(5-3-7)9-6-10(11(15)16)14-12(17)13-9/h2-6,9H,1H3,(H,15,16)(H2,13,14,17)/p-1/t9-/m0/s1. The molecule has 88 valence electrons. The van der Waals surface area contributed by atoms with Crippen LogP contribution in [0.15, 0.2) is 36.0 Å². The van der Waals surface area contributed by atoms with Crippen LogP contribution in [0.25, 0.3) is 0 Å². The molecule has 1 heterocycles. The van der Waals surface area contributed by atoms with E-state index in [9.17, 15) is 14.7 Å². The van der Waals surface area contributed by atoms with Gasteiger partial charge in [0.1, 0.15) is 0 Å². The number of carbonyl (C=O) groups is 2. The number of rotatable bonds is 2. The van der Waals surface area contributed by atoms with Crippen LogP contribution in [0.5, 0.6) is 0 Å². The first kappa shape index (κ1) is 11.2. The highest BCUT2D eigenvalue weighted by Crippen LogP contribution is 2.18. The average Bonchev–Trinajstić information content (AvgIpc) is 2.29. The van der Waals surface area contributed by atoms with E-state index in [2.05, 4.69) is 10.6 Å². The number of aryl methyl sites for hydroxylation is 1. The molecule has 1 aliphatic heterocycles. The first-order valence-electron chi connectivity index (χ1n) is 5.13. The molecule has 0 saturated heterocycles. The Bertz CT molecular complexity index is 491. The van der Waals surface area contributed by atoms with Crippen LogP contribution in [0.3, 0.4) is 0 Å². The molecule has 1 aromatic rings. The minimum absolute atomic E-state index is 0.209. The molecular formula is C12H11N2O3-. The van der Waals surface area contributed by atoms with Crippen molar-refractivity contribution >= 4 is 12.0 Å². The largest absolute Gasteiger partial charge is 0.543 e. The van der Waals surface area contributed by atoms with Crippen LogP contribution in [-0.4, -0.2) is 12.0 Å². The Morgan fingerprint density at radius 2 is 1.94 bits per heavy atom. The van der Waals surface area contributed by atoms with Crippen molar-refractivity contribution in [2.24, 2.45) is 0 Å². The lowest BCUT2D eigenvalue weighted by atomic mass is 10.0. The van der Waals surface area contributed by atoms with Gasteiger partial charge in [0.25, 0.3) is 0 Å². The predicted molar refractivity (Wildman–Crippen MR) is 58.7 cm³/mol. The third kappa shape index (κ3) is 2.44. The molecule has 2 amide bonds. The van der Waals surface area contributed by atoms with Gasteiger partial charge in [-0.3, -0.25) is 0 Å². The zero-order chi connectivity index (χ0) is 12.4. The monoisotopic (exact) mass is 231 g/mol. The van der Waals surface area contributed by atoms with E-state index in [0.29, 0.717) is 0 Å². The van der Waals surface area contributed by atoms with Crippen LogP contribution in [0, 0.1) is 6.92 Å². The Labute approximate surface area is 98.1 Å². The third-order valence-electron chi connectivity index (χ3n) is 2.52. The van der Waals surface area contributed by atoms with Gasteiger partial charge < -0.3 is 20.5 Å². The van der Waals surface area contributed by atoms with Gasteiger partial charge >= 0.3 is 6.03 Å². The number of carboxylic acids is 1. The summed E-state index contributed by atoms with van der Waals surface area (Å²) < 4.78 is 0. The van der Waals surface area contributed by atoms with Crippen LogP contribution < -0.4 is 15.7 Å². The molecular weight excluding hydrogens is 220 g/mol. The second-order valence-corrected chi connectivity index (χ2v) is 3.85. The highest BCUT2D eigenvalue weighted by molar-refractivity contribution is 5.92. The lowest BCUT2D eigenvalue weighted by Crippen LogP contribution is -2.46. The van der Waals surface area contributed by atoms with E-state index in [1.807, 2.05) is 31.2 Å². The smallest absolute Gasteiger partial charge is 0.320 e. The summed E-state index contributed by atoms with van der Waals surface area (Å²) in [4.78, 5) is 22.0. The number of carbonyl (C=O) groups excluding carboxylic acids is 2. The Morgan fingerprint density at radius 3 is 2.53 bits per heavy atom. The molecule has 0 unspecified atom stereocenters. The van der Waals surface area contributed by atoms with E-state index < -0.39 is 18.0 Å². The van der Waals surface area contributed by atoms with Gasteiger partial charge in [-0.05, 0) is 18.6 Å². The Kier molecular flexibility index (Phi) is 2.82. The summed E-state index contributed by atoms with van der Waals surface area (Å²) in [6.07, 6.45) is 1.42. The number of aliphatic carboxylic acids is 1. The first-order chi connectivity index (χ1) is 8.06. The molecule has 0 radical (unpaired) electrons. The number of hydrogen-bond donors (Lipinski definition) is 2. The van der Waals surface area contributed by atoms with E-state index in [1.165, 1.54) is 6.08 Å². The maximum atomic E-state index is 11.3. The maximum Gasteiger partial charge on any atom is 0.320 e. The summed E-state index contributed by atoms with van der Waals surface area (Å²) in [6, 6.07) is 6.49. The summed E-state index contributed by atoms with van der Waals surface area (Å²) in [5.74, 6) is -1.39. The van der Waals surface area contributed by atoms with Gasteiger partial charge in [-0.25, -0.2) is 4.79 Å². The Hall–Kier alpha value is -2.30. The minimum Gasteiger partial charge on any atom is -0.543 e. The lowest BCUT2D eigenvalue weighted by molar-refractivity contribution is -0.299. The van der Waals surface area contributed by atoms with E-state index in [1.54, 1.807) is 0 Å². The second kappa shape index (κ2) is 4.29. The molecule has 5 nitrogen and oxygen atoms in total. The normalized spacial score (nSPS) is 19.0. The van der Waals surface area contributed by atoms with Gasteiger partial charge in [-0.15, -0.1) is 0 Å². The van der Waals surface area contributed by atoms with Crippen molar-refractivity contribution < 1.29 is 14.7 Å². The number of amides is 2. The fraction of sp³-hybridized carbons (Fsp3) is 0.167. The van der Waals surface area contributed by atoms with Crippen LogP contribution in [-0.2, 0) is 4.79 Å². The lowest BCUT2D eigenvalue weighted by Gasteiger charge is -2.24. The number of hydrogen-bond acceptors (Lipinski definition) is 3. The van der Waals surface area contributed by atoms with Crippen LogP contribution in [0.1, 0.15) is 17.2 Å². The van der Waals surface area contributed by atoms with Gasteiger partial charge in [-0.1, -0.05) is 29.8 Å². The zero-order valence-electron chi connectivity index (χ0n) is 9.19. The highest BCUT2D eigenvalue weighted by Gasteiger charge is 2.19.